The average Bonchev–Trinajstić information content (AvgIpc) is 3.30. The Morgan fingerprint density at radius 3 is 2.80 bits per heavy atom. The van der Waals surface area contributed by atoms with Crippen molar-refractivity contribution in [2.75, 3.05) is 13.1 Å². The molecule has 0 spiro atoms. The van der Waals surface area contributed by atoms with Crippen molar-refractivity contribution in [1.82, 2.24) is 23.9 Å². The minimum absolute atomic E-state index is 0.0207. The fraction of sp³-hybridized carbons (Fsp3) is 0.400. The Bertz CT molecular complexity index is 1120. The number of hydrogen-bond donors (Lipinski definition) is 0. The Morgan fingerprint density at radius 1 is 1.36 bits per heavy atom. The van der Waals surface area contributed by atoms with Crippen molar-refractivity contribution in [1.29, 1.82) is 0 Å². The first kappa shape index (κ1) is 14.2. The van der Waals surface area contributed by atoms with E-state index in [0.29, 0.717) is 24.3 Å². The Kier molecular flexibility index (Phi) is 3.46. The van der Waals surface area contributed by atoms with Crippen LogP contribution in [-0.2, 0) is 10.0 Å². The molecule has 1 saturated heterocycles. The van der Waals surface area contributed by atoms with E-state index in [4.69, 9.17) is 18.8 Å². The highest BCUT2D eigenvalue weighted by Gasteiger charge is 2.33. The van der Waals surface area contributed by atoms with Crippen LogP contribution in [0.2, 0.25) is 5.02 Å². The van der Waals surface area contributed by atoms with E-state index in [1.807, 2.05) is 0 Å². The Labute approximate surface area is 152 Å². The minimum Gasteiger partial charge on any atom is -0.428 e. The van der Waals surface area contributed by atoms with E-state index in [1.165, 1.54) is 21.3 Å². The number of aromatic nitrogens is 4. The highest BCUT2D eigenvalue weighted by Crippen LogP contribution is 2.34. The van der Waals surface area contributed by atoms with Gasteiger partial charge in [-0.05, 0) is 24.3 Å². The lowest BCUT2D eigenvalue weighted by molar-refractivity contribution is 0.307. The van der Waals surface area contributed by atoms with Gasteiger partial charge in [0.05, 0.1) is 8.94 Å². The summed E-state index contributed by atoms with van der Waals surface area (Å²) in [5, 5.41) is 3.99. The molecule has 4 heterocycles. The summed E-state index contributed by atoms with van der Waals surface area (Å²) >= 11 is 6.35. The zero-order chi connectivity index (χ0) is 19.3. The van der Waals surface area contributed by atoms with Crippen molar-refractivity contribution in [2.24, 2.45) is 0 Å². The molecule has 0 radical (unpaired) electrons. The van der Waals surface area contributed by atoms with Crippen molar-refractivity contribution in [3.05, 3.63) is 41.2 Å². The third kappa shape index (κ3) is 2.92. The first-order valence-electron chi connectivity index (χ1n) is 8.71. The Balaban J connectivity index is 1.61. The summed E-state index contributed by atoms with van der Waals surface area (Å²) in [6, 6.07) is 0.0207. The lowest BCUT2D eigenvalue weighted by atomic mass is 9.91. The molecule has 4 rings (SSSR count). The van der Waals surface area contributed by atoms with E-state index in [0.717, 1.165) is 0 Å². The number of oxazole rings is 1. The topological polar surface area (TPSA) is 93.6 Å². The van der Waals surface area contributed by atoms with Gasteiger partial charge in [0.25, 0.3) is 15.1 Å². The molecule has 0 bridgehead atoms. The smallest absolute Gasteiger partial charge is 0.278 e. The molecule has 0 aliphatic carbocycles. The third-order valence-electron chi connectivity index (χ3n) is 4.29. The maximum Gasteiger partial charge on any atom is 0.278 e. The molecule has 0 amide bonds. The van der Waals surface area contributed by atoms with E-state index in [1.54, 1.807) is 6.92 Å². The first-order valence-corrected chi connectivity index (χ1v) is 9.53. The molecule has 8 nitrogen and oxygen atoms in total. The van der Waals surface area contributed by atoms with E-state index in [-0.39, 0.29) is 47.0 Å². The molecule has 0 unspecified atom stereocenters. The van der Waals surface area contributed by atoms with Gasteiger partial charge >= 0.3 is 0 Å². The molecule has 1 fully saturated rings. The number of aryl methyl sites for hydroxylation is 1. The summed E-state index contributed by atoms with van der Waals surface area (Å²) in [6.45, 7) is 2.10. The molecule has 0 atom stereocenters. The van der Waals surface area contributed by atoms with Gasteiger partial charge in [-0.3, -0.25) is 0 Å². The summed E-state index contributed by atoms with van der Waals surface area (Å²) in [7, 11) is -3.74. The third-order valence-corrected chi connectivity index (χ3v) is 6.33. The largest absolute Gasteiger partial charge is 0.428 e. The standard InChI is InChI=1S/C15H16ClN5O3S/c1-10-17-7-15(24-10)25(22,23)20-4-2-11(3-5-20)12-8-21-14(6-13(12)16)18-9-19-21/h6-9,11H,2-5H2,1H3/i6D,8D. The monoisotopic (exact) mass is 383 g/mol. The number of sulfonamides is 1. The van der Waals surface area contributed by atoms with Gasteiger partial charge in [0.15, 0.2) is 11.5 Å². The van der Waals surface area contributed by atoms with Gasteiger partial charge in [-0.1, -0.05) is 11.6 Å². The molecule has 0 aromatic carbocycles. The predicted octanol–water partition coefficient (Wildman–Crippen LogP) is 2.25. The first-order chi connectivity index (χ1) is 12.8. The summed E-state index contributed by atoms with van der Waals surface area (Å²) in [5.41, 5.74) is 0.738. The molecule has 3 aromatic rings. The summed E-state index contributed by atoms with van der Waals surface area (Å²) in [6.07, 6.45) is 3.51. The maximum absolute atomic E-state index is 12.6. The van der Waals surface area contributed by atoms with Crippen LogP contribution in [-0.4, -0.2) is 45.4 Å². The highest BCUT2D eigenvalue weighted by atomic mass is 35.5. The second-order valence-electron chi connectivity index (χ2n) is 5.84. The minimum atomic E-state index is -3.74. The van der Waals surface area contributed by atoms with Crippen molar-refractivity contribution in [3.63, 3.8) is 0 Å². The molecule has 0 saturated carbocycles. The fourth-order valence-corrected chi connectivity index (χ4v) is 4.62. The molecule has 1 aliphatic heterocycles. The lowest BCUT2D eigenvalue weighted by Crippen LogP contribution is -2.37. The van der Waals surface area contributed by atoms with E-state index >= 15 is 0 Å². The average molecular weight is 384 g/mol. The van der Waals surface area contributed by atoms with Crippen LogP contribution in [0.25, 0.3) is 5.65 Å². The molecule has 10 heteroatoms. The van der Waals surface area contributed by atoms with Crippen molar-refractivity contribution in [2.45, 2.75) is 30.8 Å². The molecule has 1 aliphatic rings. The number of hydrogen-bond acceptors (Lipinski definition) is 6. The van der Waals surface area contributed by atoms with E-state index in [2.05, 4.69) is 15.1 Å². The molecule has 0 N–H and O–H groups in total. The second kappa shape index (κ2) is 6.08. The van der Waals surface area contributed by atoms with Crippen LogP contribution in [0.5, 0.6) is 0 Å². The van der Waals surface area contributed by atoms with Gasteiger partial charge in [0, 0.05) is 37.3 Å². The van der Waals surface area contributed by atoms with Gasteiger partial charge in [0.1, 0.15) is 6.33 Å². The van der Waals surface area contributed by atoms with Crippen LogP contribution >= 0.6 is 11.6 Å². The van der Waals surface area contributed by atoms with Crippen LogP contribution in [0.3, 0.4) is 0 Å². The van der Waals surface area contributed by atoms with Gasteiger partial charge in [0.2, 0.25) is 0 Å². The van der Waals surface area contributed by atoms with Crippen molar-refractivity contribution >= 4 is 27.3 Å². The number of pyridine rings is 1. The van der Waals surface area contributed by atoms with Crippen molar-refractivity contribution < 1.29 is 15.6 Å². The van der Waals surface area contributed by atoms with Crippen molar-refractivity contribution in [3.8, 4) is 0 Å². The zero-order valence-corrected chi connectivity index (χ0v) is 14.9. The SMILES string of the molecule is [2H]c1c(Cl)c(C2CCN(S(=O)(=O)c3cnc(C)o3)CC2)c([2H])n2ncnc12. The maximum atomic E-state index is 12.6. The Morgan fingerprint density at radius 2 is 2.12 bits per heavy atom. The normalized spacial score (nSPS) is 18.5. The van der Waals surface area contributed by atoms with Crippen LogP contribution in [0.4, 0.5) is 0 Å². The van der Waals surface area contributed by atoms with Gasteiger partial charge in [-0.2, -0.15) is 9.40 Å². The lowest BCUT2D eigenvalue weighted by Gasteiger charge is -2.30. The van der Waals surface area contributed by atoms with Crippen LogP contribution < -0.4 is 0 Å². The van der Waals surface area contributed by atoms with Crippen LogP contribution in [0.1, 0.15) is 33.0 Å². The quantitative estimate of drug-likeness (QED) is 0.688. The number of fused-ring (bicyclic) bond motifs is 1. The molecular formula is C15H16ClN5O3S. The van der Waals surface area contributed by atoms with Crippen LogP contribution in [0.15, 0.2) is 34.2 Å². The molecular weight excluding hydrogens is 366 g/mol. The fourth-order valence-electron chi connectivity index (χ4n) is 2.98. The predicted molar refractivity (Wildman–Crippen MR) is 90.0 cm³/mol. The van der Waals surface area contributed by atoms with E-state index in [9.17, 15) is 8.42 Å². The Hall–Kier alpha value is -1.97. The number of rotatable bonds is 3. The number of piperidine rings is 1. The van der Waals surface area contributed by atoms with Gasteiger partial charge in [-0.15, -0.1) is 0 Å². The van der Waals surface area contributed by atoms with Gasteiger partial charge < -0.3 is 4.42 Å². The number of nitrogens with zero attached hydrogens (tertiary/aromatic N) is 5. The second-order valence-corrected chi connectivity index (χ2v) is 8.08. The molecule has 132 valence electrons. The van der Waals surface area contributed by atoms with Crippen LogP contribution in [0, 0.1) is 6.92 Å². The zero-order valence-electron chi connectivity index (χ0n) is 15.3. The summed E-state index contributed by atoms with van der Waals surface area (Å²) in [5.74, 6) is 0.142. The van der Waals surface area contributed by atoms with Gasteiger partial charge in [-0.25, -0.2) is 22.9 Å². The summed E-state index contributed by atoms with van der Waals surface area (Å²) in [4.78, 5) is 7.81. The molecule has 3 aromatic heterocycles. The molecule has 25 heavy (non-hydrogen) atoms. The number of halogens is 1. The highest BCUT2D eigenvalue weighted by molar-refractivity contribution is 7.89. The van der Waals surface area contributed by atoms with E-state index < -0.39 is 10.0 Å². The summed E-state index contributed by atoms with van der Waals surface area (Å²) < 4.78 is 49.6.